The number of nitrogens with two attached hydrogens (primary N) is 1. The molecule has 1 heterocycles. The summed E-state index contributed by atoms with van der Waals surface area (Å²) in [6.45, 7) is 2.07. The maximum Gasteiger partial charge on any atom is 0.407 e. The van der Waals surface area contributed by atoms with Gasteiger partial charge >= 0.3 is 6.18 Å². The summed E-state index contributed by atoms with van der Waals surface area (Å²) in [5.74, 6) is -0.313. The van der Waals surface area contributed by atoms with Gasteiger partial charge in [0.1, 0.15) is 10.4 Å². The van der Waals surface area contributed by atoms with Gasteiger partial charge in [-0.15, -0.1) is 0 Å². The molecule has 1 fully saturated rings. The topological polar surface area (TPSA) is 90.0 Å². The van der Waals surface area contributed by atoms with Gasteiger partial charge in [-0.1, -0.05) is 0 Å². The second kappa shape index (κ2) is 4.10. The lowest BCUT2D eigenvalue weighted by molar-refractivity contribution is -0.160. The van der Waals surface area contributed by atoms with Gasteiger partial charge in [-0.3, -0.25) is 4.68 Å². The van der Waals surface area contributed by atoms with E-state index in [2.05, 4.69) is 5.10 Å². The number of nitrogens with one attached hydrogen (secondary N) is 1. The number of nitrogen functional groups attached to an aromatic ring is 1. The number of aryl methyl sites for hydroxylation is 1. The number of sulfonamides is 1. The van der Waals surface area contributed by atoms with E-state index < -0.39 is 26.6 Å². The van der Waals surface area contributed by atoms with Gasteiger partial charge in [0.05, 0.1) is 0 Å². The van der Waals surface area contributed by atoms with E-state index in [9.17, 15) is 21.6 Å². The monoisotopic (exact) mass is 298 g/mol. The van der Waals surface area contributed by atoms with Crippen molar-refractivity contribution in [2.24, 2.45) is 0 Å². The van der Waals surface area contributed by atoms with Crippen LogP contribution in [-0.2, 0) is 16.6 Å². The van der Waals surface area contributed by atoms with E-state index in [0.717, 1.165) is 6.20 Å². The lowest BCUT2D eigenvalue weighted by Crippen LogP contribution is -2.47. The minimum absolute atomic E-state index is 0.266. The Morgan fingerprint density at radius 1 is 1.53 bits per heavy atom. The highest BCUT2D eigenvalue weighted by Gasteiger charge is 2.65. The van der Waals surface area contributed by atoms with E-state index >= 15 is 0 Å². The number of nitrogens with zero attached hydrogens (tertiary/aromatic N) is 2. The van der Waals surface area contributed by atoms with Gasteiger partial charge in [0.25, 0.3) is 0 Å². The largest absolute Gasteiger partial charge is 0.407 e. The zero-order valence-electron chi connectivity index (χ0n) is 10.0. The maximum absolute atomic E-state index is 12.7. The molecule has 0 saturated heterocycles. The van der Waals surface area contributed by atoms with Gasteiger partial charge < -0.3 is 5.73 Å². The van der Waals surface area contributed by atoms with Crippen LogP contribution >= 0.6 is 0 Å². The minimum atomic E-state index is -4.62. The number of anilines is 1. The molecule has 1 aliphatic rings. The van der Waals surface area contributed by atoms with Crippen LogP contribution in [-0.4, -0.2) is 29.9 Å². The molecule has 0 aliphatic heterocycles. The predicted octanol–water partition coefficient (Wildman–Crippen LogP) is 0.858. The van der Waals surface area contributed by atoms with E-state index in [1.54, 1.807) is 11.6 Å². The van der Waals surface area contributed by atoms with Crippen molar-refractivity contribution in [3.63, 3.8) is 0 Å². The predicted molar refractivity (Wildman–Crippen MR) is 60.7 cm³/mol. The summed E-state index contributed by atoms with van der Waals surface area (Å²) >= 11 is 0. The Labute approximate surface area is 107 Å². The zero-order valence-corrected chi connectivity index (χ0v) is 10.8. The van der Waals surface area contributed by atoms with E-state index in [-0.39, 0.29) is 18.7 Å². The highest BCUT2D eigenvalue weighted by Crippen LogP contribution is 2.49. The first kappa shape index (κ1) is 14.1. The molecule has 108 valence electrons. The highest BCUT2D eigenvalue weighted by atomic mass is 32.2. The maximum atomic E-state index is 12.7. The third-order valence-corrected chi connectivity index (χ3v) is 4.54. The summed E-state index contributed by atoms with van der Waals surface area (Å²) in [4.78, 5) is -0.426. The number of rotatable bonds is 4. The Morgan fingerprint density at radius 2 is 2.11 bits per heavy atom. The normalized spacial score (nSPS) is 18.5. The fraction of sp³-hybridized carbons (Fsp3) is 0.667. The third-order valence-electron chi connectivity index (χ3n) is 2.99. The fourth-order valence-corrected chi connectivity index (χ4v) is 3.19. The molecule has 0 atom stereocenters. The standard InChI is InChI=1S/C9H13F3N4O2S/c1-2-16-5-6(7(13)14-16)19(17,18)15-8(3-4-8)9(10,11)12/h5,15H,2-4H2,1H3,(H2,13,14). The molecule has 0 bridgehead atoms. The van der Waals surface area contributed by atoms with Crippen LogP contribution in [0.3, 0.4) is 0 Å². The third kappa shape index (κ3) is 2.41. The van der Waals surface area contributed by atoms with Crippen LogP contribution in [0.4, 0.5) is 19.0 Å². The van der Waals surface area contributed by atoms with Crippen molar-refractivity contribution in [1.29, 1.82) is 0 Å². The van der Waals surface area contributed by atoms with Crippen molar-refractivity contribution in [3.05, 3.63) is 6.20 Å². The van der Waals surface area contributed by atoms with Crippen LogP contribution in [0.1, 0.15) is 19.8 Å². The number of aromatic nitrogens is 2. The summed E-state index contributed by atoms with van der Waals surface area (Å²) < 4.78 is 65.0. The molecule has 0 radical (unpaired) electrons. The average molecular weight is 298 g/mol. The molecule has 1 aromatic rings. The van der Waals surface area contributed by atoms with Crippen molar-refractivity contribution in [1.82, 2.24) is 14.5 Å². The molecular weight excluding hydrogens is 285 g/mol. The van der Waals surface area contributed by atoms with E-state index in [1.165, 1.54) is 4.68 Å². The molecule has 1 saturated carbocycles. The summed E-state index contributed by atoms with van der Waals surface area (Å²) in [5, 5.41) is 3.70. The van der Waals surface area contributed by atoms with Crippen molar-refractivity contribution >= 4 is 15.8 Å². The van der Waals surface area contributed by atoms with Gasteiger partial charge in [-0.2, -0.15) is 23.0 Å². The Hall–Kier alpha value is -1.29. The Bertz CT molecular complexity index is 589. The van der Waals surface area contributed by atoms with Gasteiger partial charge in [0.15, 0.2) is 5.82 Å². The zero-order chi connectivity index (χ0) is 14.5. The molecule has 10 heteroatoms. The van der Waals surface area contributed by atoms with Gasteiger partial charge in [-0.25, -0.2) is 8.42 Å². The first-order chi connectivity index (χ1) is 8.61. The van der Waals surface area contributed by atoms with Crippen molar-refractivity contribution in [2.45, 2.75) is 42.9 Å². The van der Waals surface area contributed by atoms with Crippen LogP contribution < -0.4 is 10.5 Å². The number of hydrogen-bond donors (Lipinski definition) is 2. The highest BCUT2D eigenvalue weighted by molar-refractivity contribution is 7.89. The quantitative estimate of drug-likeness (QED) is 0.862. The molecule has 3 N–H and O–H groups in total. The molecule has 0 unspecified atom stereocenters. The molecule has 0 spiro atoms. The number of halogens is 3. The lowest BCUT2D eigenvalue weighted by atomic mass is 10.3. The van der Waals surface area contributed by atoms with E-state index in [1.807, 2.05) is 0 Å². The number of hydrogen-bond acceptors (Lipinski definition) is 4. The Balaban J connectivity index is 2.31. The molecule has 1 aliphatic carbocycles. The summed E-state index contributed by atoms with van der Waals surface area (Å²) in [7, 11) is -4.34. The molecule has 1 aromatic heterocycles. The summed E-state index contributed by atoms with van der Waals surface area (Å²) in [6.07, 6.45) is -4.03. The second-order valence-electron chi connectivity index (χ2n) is 4.42. The van der Waals surface area contributed by atoms with Crippen molar-refractivity contribution < 1.29 is 21.6 Å². The lowest BCUT2D eigenvalue weighted by Gasteiger charge is -2.20. The average Bonchev–Trinajstić information content (AvgIpc) is 2.92. The molecule has 6 nitrogen and oxygen atoms in total. The molecular formula is C9H13F3N4O2S. The van der Waals surface area contributed by atoms with Crippen LogP contribution in [0.2, 0.25) is 0 Å². The Morgan fingerprint density at radius 3 is 2.47 bits per heavy atom. The van der Waals surface area contributed by atoms with E-state index in [0.29, 0.717) is 6.54 Å². The summed E-state index contributed by atoms with van der Waals surface area (Å²) in [5.41, 5.74) is 3.06. The van der Waals surface area contributed by atoms with Crippen LogP contribution in [0.25, 0.3) is 0 Å². The van der Waals surface area contributed by atoms with Gasteiger partial charge in [0, 0.05) is 12.7 Å². The molecule has 2 rings (SSSR count). The SMILES string of the molecule is CCn1cc(S(=O)(=O)NC2(C(F)(F)F)CC2)c(N)n1. The van der Waals surface area contributed by atoms with Gasteiger partial charge in [-0.05, 0) is 19.8 Å². The van der Waals surface area contributed by atoms with Crippen molar-refractivity contribution in [3.8, 4) is 0 Å². The number of alkyl halides is 3. The van der Waals surface area contributed by atoms with E-state index in [4.69, 9.17) is 5.73 Å². The van der Waals surface area contributed by atoms with Crippen molar-refractivity contribution in [2.75, 3.05) is 5.73 Å². The first-order valence-electron chi connectivity index (χ1n) is 5.55. The smallest absolute Gasteiger partial charge is 0.381 e. The van der Waals surface area contributed by atoms with Crippen LogP contribution in [0.5, 0.6) is 0 Å². The van der Waals surface area contributed by atoms with Gasteiger partial charge in [0.2, 0.25) is 10.0 Å². The molecule has 19 heavy (non-hydrogen) atoms. The first-order valence-corrected chi connectivity index (χ1v) is 7.03. The summed E-state index contributed by atoms with van der Waals surface area (Å²) in [6, 6.07) is 0. The van der Waals surface area contributed by atoms with Crippen LogP contribution in [0, 0.1) is 0 Å². The second-order valence-corrected chi connectivity index (χ2v) is 6.07. The molecule has 0 aromatic carbocycles. The Kier molecular flexibility index (Phi) is 3.05. The molecule has 0 amide bonds. The minimum Gasteiger partial charge on any atom is -0.381 e. The van der Waals surface area contributed by atoms with Crippen LogP contribution in [0.15, 0.2) is 11.1 Å². The fourth-order valence-electron chi connectivity index (χ4n) is 1.67.